The normalized spacial score (nSPS) is 22.9. The summed E-state index contributed by atoms with van der Waals surface area (Å²) in [6.45, 7) is 3.24. The first-order valence-electron chi connectivity index (χ1n) is 19.5. The number of carbonyl (C=O) groups is 7. The molecule has 336 valence electrons. The molecule has 0 aliphatic carbocycles. The van der Waals surface area contributed by atoms with E-state index in [4.69, 9.17) is 17.2 Å². The van der Waals surface area contributed by atoms with Crippen molar-refractivity contribution in [3.8, 4) is 17.1 Å². The van der Waals surface area contributed by atoms with E-state index < -0.39 is 107 Å². The Labute approximate surface area is 362 Å². The number of amides is 6. The molecule has 0 radical (unpaired) electrons. The molecule has 0 spiro atoms. The fourth-order valence-corrected chi connectivity index (χ4v) is 8.52. The van der Waals surface area contributed by atoms with E-state index in [1.54, 1.807) is 44.2 Å². The first kappa shape index (κ1) is 48.6. The van der Waals surface area contributed by atoms with Gasteiger partial charge in [-0.25, -0.2) is 24.0 Å². The summed E-state index contributed by atoms with van der Waals surface area (Å²) in [5.74, 6) is -7.42. The minimum absolute atomic E-state index is 0.0470. The maximum absolute atomic E-state index is 14.3. The second kappa shape index (κ2) is 22.7. The largest absolute Gasteiger partial charge is 0.506 e. The van der Waals surface area contributed by atoms with Crippen molar-refractivity contribution in [2.24, 2.45) is 23.1 Å². The van der Waals surface area contributed by atoms with Crippen LogP contribution in [0.3, 0.4) is 0 Å². The van der Waals surface area contributed by atoms with E-state index in [2.05, 4.69) is 31.7 Å². The number of phenols is 1. The van der Waals surface area contributed by atoms with Crippen molar-refractivity contribution in [3.63, 3.8) is 0 Å². The molecule has 14 N–H and O–H groups in total. The van der Waals surface area contributed by atoms with Gasteiger partial charge >= 0.3 is 17.3 Å². The van der Waals surface area contributed by atoms with Crippen molar-refractivity contribution in [3.05, 3.63) is 75.1 Å². The summed E-state index contributed by atoms with van der Waals surface area (Å²) in [4.78, 5) is 117. The maximum Gasteiger partial charge on any atom is 0.356 e. The van der Waals surface area contributed by atoms with Crippen molar-refractivity contribution in [1.29, 1.82) is 0 Å². The average molecular weight is 902 g/mol. The number of aliphatic carboxylic acids is 1. The number of benzene rings is 2. The molecule has 3 aromatic rings. The van der Waals surface area contributed by atoms with Gasteiger partial charge in [0.2, 0.25) is 35.4 Å². The Hall–Kier alpha value is -6.11. The molecule has 1 saturated heterocycles. The maximum atomic E-state index is 14.3. The fraction of sp³-hybridized carbons (Fsp3) is 0.447. The predicted octanol–water partition coefficient (Wildman–Crippen LogP) is -2.54. The van der Waals surface area contributed by atoms with E-state index >= 15 is 0 Å². The number of H-pyrrole nitrogens is 1. The van der Waals surface area contributed by atoms with Crippen LogP contribution in [0.25, 0.3) is 11.4 Å². The lowest BCUT2D eigenvalue weighted by molar-refractivity contribution is -0.141. The lowest BCUT2D eigenvalue weighted by atomic mass is 9.96. The number of carbonyl (C=O) groups excluding carboxylic acids is 6. The second-order valence-electron chi connectivity index (χ2n) is 14.6. The molecule has 2 aromatic carbocycles. The van der Waals surface area contributed by atoms with Crippen LogP contribution >= 0.6 is 21.6 Å². The summed E-state index contributed by atoms with van der Waals surface area (Å²) in [6.07, 6.45) is -0.712. The molecule has 7 unspecified atom stereocenters. The highest BCUT2D eigenvalue weighted by Gasteiger charge is 2.34. The third-order valence-electron chi connectivity index (χ3n) is 9.89. The lowest BCUT2D eigenvalue weighted by Crippen LogP contribution is -2.60. The molecule has 1 aliphatic rings. The van der Waals surface area contributed by atoms with Crippen molar-refractivity contribution in [2.75, 3.05) is 18.1 Å². The van der Waals surface area contributed by atoms with Crippen molar-refractivity contribution >= 4 is 63.0 Å². The molecule has 0 saturated carbocycles. The monoisotopic (exact) mass is 901 g/mol. The number of phenolic OH excluding ortho intramolecular Hbond substituents is 1. The van der Waals surface area contributed by atoms with Crippen LogP contribution in [0.1, 0.15) is 45.1 Å². The third-order valence-corrected chi connectivity index (χ3v) is 12.3. The van der Waals surface area contributed by atoms with Gasteiger partial charge in [0.05, 0.1) is 24.2 Å². The van der Waals surface area contributed by atoms with Gasteiger partial charge in [-0.1, -0.05) is 66.1 Å². The quantitative estimate of drug-likeness (QED) is 0.0835. The molecule has 1 aromatic heterocycles. The van der Waals surface area contributed by atoms with E-state index in [9.17, 15) is 53.4 Å². The van der Waals surface area contributed by atoms with Gasteiger partial charge in [0.25, 0.3) is 0 Å². The molecule has 62 heavy (non-hydrogen) atoms. The van der Waals surface area contributed by atoms with Crippen LogP contribution < -0.4 is 55.2 Å². The number of carboxylic acid groups (broad SMARTS) is 1. The minimum Gasteiger partial charge on any atom is -0.506 e. The molecule has 22 nitrogen and oxygen atoms in total. The number of hydrogen-bond donors (Lipinski definition) is 11. The molecule has 24 heteroatoms. The Bertz CT molecular complexity index is 2230. The van der Waals surface area contributed by atoms with E-state index in [0.717, 1.165) is 30.8 Å². The molecule has 6 amide bonds. The molecule has 0 bridgehead atoms. The molecule has 1 aliphatic heterocycles. The Balaban J connectivity index is 1.72. The van der Waals surface area contributed by atoms with Gasteiger partial charge in [-0.05, 0) is 42.2 Å². The first-order chi connectivity index (χ1) is 29.4. The van der Waals surface area contributed by atoms with E-state index in [1.165, 1.54) is 18.2 Å². The topological polar surface area (TPSA) is 358 Å². The molecule has 4 rings (SSSR count). The predicted molar refractivity (Wildman–Crippen MR) is 229 cm³/mol. The minimum atomic E-state index is -1.46. The summed E-state index contributed by atoms with van der Waals surface area (Å²) in [7, 11) is 2.00. The molecular formula is C38H51N11O11S2. The van der Waals surface area contributed by atoms with Gasteiger partial charge in [-0.15, -0.1) is 0 Å². The van der Waals surface area contributed by atoms with Crippen LogP contribution in [0, 0.1) is 5.92 Å². The Morgan fingerprint density at radius 2 is 1.53 bits per heavy atom. The number of rotatable bonds is 12. The van der Waals surface area contributed by atoms with Gasteiger partial charge in [0.1, 0.15) is 29.6 Å². The van der Waals surface area contributed by atoms with Crippen LogP contribution in [0.4, 0.5) is 0 Å². The summed E-state index contributed by atoms with van der Waals surface area (Å²) in [5, 5.41) is 36.4. The fourth-order valence-electron chi connectivity index (χ4n) is 6.24. The number of aromatic amines is 1. The van der Waals surface area contributed by atoms with E-state index in [0.29, 0.717) is 12.0 Å². The van der Waals surface area contributed by atoms with Crippen molar-refractivity contribution < 1.29 is 43.8 Å². The smallest absolute Gasteiger partial charge is 0.356 e. The Morgan fingerprint density at radius 1 is 0.855 bits per heavy atom. The van der Waals surface area contributed by atoms with Crippen molar-refractivity contribution in [1.82, 2.24) is 40.9 Å². The summed E-state index contributed by atoms with van der Waals surface area (Å²) in [6, 6.07) is 4.39. The molecule has 2 heterocycles. The number of para-hydroxylation sites is 1. The van der Waals surface area contributed by atoms with Crippen LogP contribution in [0.15, 0.2) is 58.1 Å². The average Bonchev–Trinajstić information content (AvgIpc) is 3.53. The van der Waals surface area contributed by atoms with Gasteiger partial charge < -0.3 is 54.0 Å². The molecule has 7 atom stereocenters. The Kier molecular flexibility index (Phi) is 17.7. The van der Waals surface area contributed by atoms with Crippen LogP contribution in [-0.4, -0.2) is 120 Å². The van der Waals surface area contributed by atoms with E-state index in [-0.39, 0.29) is 48.7 Å². The van der Waals surface area contributed by atoms with Gasteiger partial charge in [0.15, 0.2) is 0 Å². The third kappa shape index (κ3) is 13.4. The number of aromatic hydroxyl groups is 1. The zero-order chi connectivity index (χ0) is 45.7. The van der Waals surface area contributed by atoms with E-state index in [1.807, 2.05) is 0 Å². The van der Waals surface area contributed by atoms with Gasteiger partial charge in [0, 0.05) is 36.9 Å². The number of hydrogen-bond acceptors (Lipinski definition) is 14. The number of nitrogens with two attached hydrogens (primary N) is 3. The van der Waals surface area contributed by atoms with Gasteiger partial charge in [-0.3, -0.25) is 28.8 Å². The summed E-state index contributed by atoms with van der Waals surface area (Å²) in [5.41, 5.74) is 15.8. The van der Waals surface area contributed by atoms with Crippen molar-refractivity contribution in [2.45, 2.75) is 82.2 Å². The lowest BCUT2D eigenvalue weighted by Gasteiger charge is -2.30. The number of nitrogens with one attached hydrogen (secondary N) is 6. The number of nitrogens with zero attached hydrogens (tertiary/aromatic N) is 2. The highest BCUT2D eigenvalue weighted by Crippen LogP contribution is 2.24. The van der Waals surface area contributed by atoms with Crippen LogP contribution in [0.5, 0.6) is 5.75 Å². The van der Waals surface area contributed by atoms with Gasteiger partial charge in [-0.2, -0.15) is 4.68 Å². The zero-order valence-corrected chi connectivity index (χ0v) is 35.5. The summed E-state index contributed by atoms with van der Waals surface area (Å²) >= 11 is 0. The number of primary amides is 2. The van der Waals surface area contributed by atoms with Crippen LogP contribution in [-0.2, 0) is 40.0 Å². The molecular weight excluding hydrogens is 851 g/mol. The van der Waals surface area contributed by atoms with Crippen LogP contribution in [0.2, 0.25) is 0 Å². The summed E-state index contributed by atoms with van der Waals surface area (Å²) < 4.78 is 1.69. The second-order valence-corrected chi connectivity index (χ2v) is 17.1. The standard InChI is InChI=1S/C38H51N11O11S2/c1-3-19(2)31-35(56)43-21(10-12-29(40)51)16-42-24(15-30(41)52)33(54)45-26(36(57)58)18-62-61-17-23(39)32(53)44-25(34(55)46-31)13-20-9-11-28(50)27(14-20)49-38(60)48(37(59)47-49)22-7-5-4-6-8-22/h4-9,11,14,19,21,23-26,31,42,50H,3,10,12-13,15-18,39H2,1-2H3,(H2,40,51)(H2,41,52)(H,43,56)(H,44,53)(H,45,54)(H,46,55)(H,47,59)(H,57,58). The number of carboxylic acids is 1. The zero-order valence-electron chi connectivity index (χ0n) is 33.8. The highest BCUT2D eigenvalue weighted by atomic mass is 33.1. The first-order valence-corrected chi connectivity index (χ1v) is 21.9. The Morgan fingerprint density at radius 3 is 2.18 bits per heavy atom. The molecule has 1 fully saturated rings. The highest BCUT2D eigenvalue weighted by molar-refractivity contribution is 8.76. The SMILES string of the molecule is CCC(C)C1NC(=O)C(Cc2ccc(O)c(-n3[nH]c(=O)n(-c4ccccc4)c3=O)c2)NC(=O)C(N)CSSCC(C(=O)O)NC(=O)C(CC(N)=O)NCC(CCC(N)=O)NC1=O. The number of aromatic nitrogens is 3.